The summed E-state index contributed by atoms with van der Waals surface area (Å²) in [6.07, 6.45) is 5.28. The molecular weight excluding hydrogens is 393 g/mol. The van der Waals surface area contributed by atoms with E-state index in [2.05, 4.69) is 10.2 Å². The number of likely N-dealkylation sites (N-methyl/N-ethyl adjacent to an activating group) is 1. The summed E-state index contributed by atoms with van der Waals surface area (Å²) in [5.74, 6) is -0.105. The second-order valence-corrected chi connectivity index (χ2v) is 9.14. The van der Waals surface area contributed by atoms with E-state index < -0.39 is 0 Å². The number of fused-ring (bicyclic) bond motifs is 3. The van der Waals surface area contributed by atoms with Crippen molar-refractivity contribution >= 4 is 11.7 Å². The molecule has 5 nitrogen and oxygen atoms in total. The number of urea groups is 1. The summed E-state index contributed by atoms with van der Waals surface area (Å²) in [5.41, 5.74) is 3.42. The molecule has 2 heterocycles. The predicted molar refractivity (Wildman–Crippen MR) is 119 cm³/mol. The molecule has 2 amide bonds. The number of halogens is 1. The molecule has 2 aromatic rings. The van der Waals surface area contributed by atoms with E-state index in [1.54, 1.807) is 12.1 Å². The number of amides is 2. The van der Waals surface area contributed by atoms with Crippen molar-refractivity contribution in [1.29, 1.82) is 0 Å². The molecular formula is C25H30FN3O2. The van der Waals surface area contributed by atoms with Crippen molar-refractivity contribution in [3.63, 3.8) is 0 Å². The minimum atomic E-state index is -0.251. The third kappa shape index (κ3) is 3.47. The Balaban J connectivity index is 1.54. The smallest absolute Gasteiger partial charge is 0.318 e. The molecule has 164 valence electrons. The van der Waals surface area contributed by atoms with Crippen LogP contribution in [0.2, 0.25) is 0 Å². The second kappa shape index (κ2) is 8.15. The lowest BCUT2D eigenvalue weighted by molar-refractivity contribution is 0.158. The van der Waals surface area contributed by atoms with E-state index in [4.69, 9.17) is 0 Å². The Hall–Kier alpha value is -2.60. The van der Waals surface area contributed by atoms with Crippen LogP contribution in [0.15, 0.2) is 42.5 Å². The van der Waals surface area contributed by atoms with Gasteiger partial charge in [-0.05, 0) is 48.6 Å². The highest BCUT2D eigenvalue weighted by atomic mass is 19.1. The zero-order chi connectivity index (χ0) is 21.5. The molecule has 1 saturated carbocycles. The van der Waals surface area contributed by atoms with Crippen LogP contribution in [-0.2, 0) is 0 Å². The summed E-state index contributed by atoms with van der Waals surface area (Å²) in [6, 6.07) is 12.9. The quantitative estimate of drug-likeness (QED) is 0.773. The van der Waals surface area contributed by atoms with Crippen LogP contribution in [0.3, 0.4) is 0 Å². The van der Waals surface area contributed by atoms with Gasteiger partial charge in [0.25, 0.3) is 0 Å². The molecule has 2 aliphatic heterocycles. The fourth-order valence-electron chi connectivity index (χ4n) is 5.87. The molecule has 5 rings (SSSR count). The molecule has 1 aliphatic carbocycles. The van der Waals surface area contributed by atoms with Crippen molar-refractivity contribution in [2.75, 3.05) is 25.1 Å². The van der Waals surface area contributed by atoms with Gasteiger partial charge < -0.3 is 20.2 Å². The highest BCUT2D eigenvalue weighted by Crippen LogP contribution is 2.49. The number of anilines is 1. The van der Waals surface area contributed by atoms with E-state index in [0.717, 1.165) is 36.1 Å². The molecule has 3 aliphatic rings. The van der Waals surface area contributed by atoms with Gasteiger partial charge in [-0.1, -0.05) is 37.1 Å². The van der Waals surface area contributed by atoms with Crippen LogP contribution in [0, 0.1) is 11.7 Å². The van der Waals surface area contributed by atoms with Gasteiger partial charge in [0.2, 0.25) is 0 Å². The summed E-state index contributed by atoms with van der Waals surface area (Å²) >= 11 is 0. The number of hydrogen-bond acceptors (Lipinski definition) is 3. The average molecular weight is 424 g/mol. The van der Waals surface area contributed by atoms with E-state index in [1.165, 1.54) is 18.9 Å². The van der Waals surface area contributed by atoms with Gasteiger partial charge in [0.15, 0.2) is 0 Å². The van der Waals surface area contributed by atoms with E-state index in [1.807, 2.05) is 36.2 Å². The Morgan fingerprint density at radius 1 is 1.16 bits per heavy atom. The zero-order valence-electron chi connectivity index (χ0n) is 17.9. The molecule has 0 bridgehead atoms. The highest BCUT2D eigenvalue weighted by Gasteiger charge is 2.48. The summed E-state index contributed by atoms with van der Waals surface area (Å²) in [5, 5.41) is 13.4. The molecule has 0 aromatic heterocycles. The van der Waals surface area contributed by atoms with Crippen molar-refractivity contribution in [3.05, 3.63) is 53.8 Å². The predicted octanol–water partition coefficient (Wildman–Crippen LogP) is 4.32. The maximum Gasteiger partial charge on any atom is 0.318 e. The van der Waals surface area contributed by atoms with Gasteiger partial charge in [-0.2, -0.15) is 0 Å². The molecule has 1 saturated heterocycles. The number of hydrogen-bond donors (Lipinski definition) is 2. The van der Waals surface area contributed by atoms with Crippen LogP contribution in [-0.4, -0.2) is 48.3 Å². The number of carbonyl (C=O) groups is 1. The Labute approximate surface area is 182 Å². The lowest BCUT2D eigenvalue weighted by atomic mass is 9.81. The van der Waals surface area contributed by atoms with Crippen LogP contribution in [0.5, 0.6) is 0 Å². The number of benzene rings is 2. The number of carbonyl (C=O) groups excluding carboxylic acids is 1. The van der Waals surface area contributed by atoms with Crippen molar-refractivity contribution in [1.82, 2.24) is 10.2 Å². The molecule has 0 unspecified atom stereocenters. The standard InChI is InChI=1S/C25H30FN3O2/c1-28-22-11-10-16(18-8-4-5-9-21(18)26)14-20(22)24-19(23(28)15-30)12-13-29(24)25(31)27-17-6-2-3-7-17/h4-5,8-11,14,17,19,23-24,30H,2-3,6-7,12-13,15H2,1H3,(H,27,31)/t19-,23+,24-/m1/s1. The topological polar surface area (TPSA) is 55.8 Å². The maximum atomic E-state index is 14.5. The van der Waals surface area contributed by atoms with Crippen LogP contribution in [0.25, 0.3) is 11.1 Å². The van der Waals surface area contributed by atoms with E-state index >= 15 is 0 Å². The lowest BCUT2D eigenvalue weighted by Crippen LogP contribution is -2.50. The van der Waals surface area contributed by atoms with Crippen molar-refractivity contribution in [2.45, 2.75) is 50.2 Å². The SMILES string of the molecule is CN1c2ccc(-c3ccccc3F)cc2[C@H]2[C@H](CCN2C(=O)NC2CCCC2)[C@@H]1CO. The first kappa shape index (κ1) is 20.3. The van der Waals surface area contributed by atoms with Crippen LogP contribution >= 0.6 is 0 Å². The summed E-state index contributed by atoms with van der Waals surface area (Å²) < 4.78 is 14.5. The zero-order valence-corrected chi connectivity index (χ0v) is 17.9. The third-order valence-electron chi connectivity index (χ3n) is 7.48. The van der Waals surface area contributed by atoms with E-state index in [-0.39, 0.29) is 42.5 Å². The minimum Gasteiger partial charge on any atom is -0.394 e. The van der Waals surface area contributed by atoms with E-state index in [9.17, 15) is 14.3 Å². The summed E-state index contributed by atoms with van der Waals surface area (Å²) in [6.45, 7) is 0.714. The normalized spacial score (nSPS) is 25.5. The molecule has 0 radical (unpaired) electrons. The van der Waals surface area contributed by atoms with Gasteiger partial charge in [0.05, 0.1) is 18.7 Å². The lowest BCUT2D eigenvalue weighted by Gasteiger charge is -2.44. The Bertz CT molecular complexity index is 975. The van der Waals surface area contributed by atoms with Gasteiger partial charge in [0.1, 0.15) is 5.82 Å². The molecule has 2 fully saturated rings. The first-order valence-corrected chi connectivity index (χ1v) is 11.4. The van der Waals surface area contributed by atoms with Crippen LogP contribution in [0.4, 0.5) is 14.9 Å². The minimum absolute atomic E-state index is 0.0112. The monoisotopic (exact) mass is 423 g/mol. The van der Waals surface area contributed by atoms with Gasteiger partial charge in [-0.15, -0.1) is 0 Å². The summed E-state index contributed by atoms with van der Waals surface area (Å²) in [4.78, 5) is 17.3. The van der Waals surface area contributed by atoms with Crippen LogP contribution < -0.4 is 10.2 Å². The number of aliphatic hydroxyl groups is 1. The van der Waals surface area contributed by atoms with Crippen molar-refractivity contribution in [2.24, 2.45) is 5.92 Å². The maximum absolute atomic E-state index is 14.5. The average Bonchev–Trinajstić information content (AvgIpc) is 3.44. The molecule has 31 heavy (non-hydrogen) atoms. The molecule has 3 atom stereocenters. The molecule has 6 heteroatoms. The third-order valence-corrected chi connectivity index (χ3v) is 7.48. The van der Waals surface area contributed by atoms with Gasteiger partial charge in [-0.25, -0.2) is 9.18 Å². The number of likely N-dealkylation sites (tertiary alicyclic amines) is 1. The van der Waals surface area contributed by atoms with Crippen molar-refractivity contribution < 1.29 is 14.3 Å². The van der Waals surface area contributed by atoms with Gasteiger partial charge in [0, 0.05) is 36.8 Å². The van der Waals surface area contributed by atoms with Gasteiger partial charge >= 0.3 is 6.03 Å². The number of nitrogens with one attached hydrogen (secondary N) is 1. The number of nitrogens with zero attached hydrogens (tertiary/aromatic N) is 2. The Kier molecular flexibility index (Phi) is 5.34. The summed E-state index contributed by atoms with van der Waals surface area (Å²) in [7, 11) is 2.00. The largest absolute Gasteiger partial charge is 0.394 e. The number of rotatable bonds is 3. The molecule has 0 spiro atoms. The molecule has 2 aromatic carbocycles. The van der Waals surface area contributed by atoms with Crippen LogP contribution in [0.1, 0.15) is 43.7 Å². The fourth-order valence-corrected chi connectivity index (χ4v) is 5.87. The first-order valence-electron chi connectivity index (χ1n) is 11.4. The van der Waals surface area contributed by atoms with E-state index in [0.29, 0.717) is 12.1 Å². The van der Waals surface area contributed by atoms with Crippen molar-refractivity contribution in [3.8, 4) is 11.1 Å². The Morgan fingerprint density at radius 3 is 2.68 bits per heavy atom. The first-order chi connectivity index (χ1) is 15.1. The second-order valence-electron chi connectivity index (χ2n) is 9.14. The number of aliphatic hydroxyl groups excluding tert-OH is 1. The Morgan fingerprint density at radius 2 is 1.94 bits per heavy atom. The fraction of sp³-hybridized carbons (Fsp3) is 0.480. The highest BCUT2D eigenvalue weighted by molar-refractivity contribution is 5.78. The molecule has 2 N–H and O–H groups in total. The van der Waals surface area contributed by atoms with Gasteiger partial charge in [-0.3, -0.25) is 0 Å².